The molecule has 0 amide bonds. The molecule has 0 unspecified atom stereocenters. The van der Waals surface area contributed by atoms with Crippen molar-refractivity contribution in [3.05, 3.63) is 0 Å². The fourth-order valence-electron chi connectivity index (χ4n) is 0. The van der Waals surface area contributed by atoms with Gasteiger partial charge in [0, 0.05) is 0 Å². The van der Waals surface area contributed by atoms with Crippen molar-refractivity contribution in [3.63, 3.8) is 0 Å². The zero-order chi connectivity index (χ0) is 4.50. The average Bonchev–Trinajstić information content (AvgIpc) is 0.722. The van der Waals surface area contributed by atoms with Crippen LogP contribution in [-0.2, 0) is 18.1 Å². The van der Waals surface area contributed by atoms with Crippen molar-refractivity contribution in [2.24, 2.45) is 0 Å². The van der Waals surface area contributed by atoms with Gasteiger partial charge in [0.05, 0.1) is 0 Å². The second-order valence-corrected chi connectivity index (χ2v) is 2.47. The molecule has 0 fully saturated rings. The number of hydrogen-bond donors (Lipinski definition) is 4. The normalized spacial score (nSPS) is 8.57. The first-order valence-corrected chi connectivity index (χ1v) is 3.69. The van der Waals surface area contributed by atoms with Crippen molar-refractivity contribution < 1.29 is 32.9 Å². The van der Waals surface area contributed by atoms with Gasteiger partial charge < -0.3 is 0 Å². The SMILES string of the molecule is [OH][Ti]([OH])([OH])[OH].[PbH2].[PbH2]. The molecule has 0 atom stereocenters. The van der Waals surface area contributed by atoms with Crippen LogP contribution in [0.1, 0.15) is 0 Å². The van der Waals surface area contributed by atoms with Crippen LogP contribution in [0.3, 0.4) is 0 Å². The molecule has 0 aromatic rings. The summed E-state index contributed by atoms with van der Waals surface area (Å²) in [4.78, 5) is 0. The number of hydrogen-bond acceptors (Lipinski definition) is 4. The second kappa shape index (κ2) is 6.52. The summed E-state index contributed by atoms with van der Waals surface area (Å²) >= 11 is -5.00. The topological polar surface area (TPSA) is 80.9 Å². The van der Waals surface area contributed by atoms with E-state index in [1.54, 1.807) is 0 Å². The molecule has 0 aromatic carbocycles. The van der Waals surface area contributed by atoms with Gasteiger partial charge >= 0.3 is 87.5 Å². The van der Waals surface area contributed by atoms with Crippen LogP contribution >= 0.6 is 0 Å². The molecule has 0 aromatic heterocycles. The van der Waals surface area contributed by atoms with Gasteiger partial charge in [-0.25, -0.2) is 0 Å². The molecule has 4 radical (unpaired) electrons. The fourth-order valence-corrected chi connectivity index (χ4v) is 0. The van der Waals surface area contributed by atoms with Crippen molar-refractivity contribution in [1.82, 2.24) is 0 Å². The van der Waals surface area contributed by atoms with E-state index in [0.29, 0.717) is 0 Å². The van der Waals surface area contributed by atoms with E-state index in [0.717, 1.165) is 0 Å². The third kappa shape index (κ3) is 59.8. The minimum atomic E-state index is -5.00. The molecule has 4 nitrogen and oxygen atoms in total. The summed E-state index contributed by atoms with van der Waals surface area (Å²) in [5.74, 6) is 0. The predicted octanol–water partition coefficient (Wildman–Crippen LogP) is -4.06. The van der Waals surface area contributed by atoms with Crippen LogP contribution in [0.15, 0.2) is 0 Å². The Kier molecular flexibility index (Phi) is 15.1. The summed E-state index contributed by atoms with van der Waals surface area (Å²) in [6.07, 6.45) is 0. The maximum absolute atomic E-state index is 7.38. The third-order valence-corrected chi connectivity index (χ3v) is 0. The molecule has 0 aliphatic rings. The molecule has 0 saturated heterocycles. The van der Waals surface area contributed by atoms with Crippen molar-refractivity contribution in [3.8, 4) is 0 Å². The van der Waals surface area contributed by atoms with Gasteiger partial charge in [0.2, 0.25) is 0 Å². The van der Waals surface area contributed by atoms with Crippen molar-refractivity contribution in [2.75, 3.05) is 0 Å². The molecule has 4 N–H and O–H groups in total. The first-order chi connectivity index (χ1) is 2.00. The van der Waals surface area contributed by atoms with E-state index in [-0.39, 0.29) is 54.6 Å². The van der Waals surface area contributed by atoms with Crippen molar-refractivity contribution in [1.29, 1.82) is 0 Å². The Morgan fingerprint density at radius 2 is 0.714 bits per heavy atom. The Hall–Kier alpha value is 2.40. The maximum atomic E-state index is 7.38. The molecule has 0 heterocycles. The van der Waals surface area contributed by atoms with E-state index in [9.17, 15) is 0 Å². The minimum absolute atomic E-state index is 0. The van der Waals surface area contributed by atoms with Crippen LogP contribution in [0.25, 0.3) is 0 Å². The van der Waals surface area contributed by atoms with E-state index in [1.807, 2.05) is 0 Å². The first-order valence-electron chi connectivity index (χ1n) is 0.894. The second-order valence-electron chi connectivity index (χ2n) is 0.600. The van der Waals surface area contributed by atoms with E-state index < -0.39 is 18.1 Å². The zero-order valence-electron chi connectivity index (χ0n) is 3.70. The van der Waals surface area contributed by atoms with E-state index in [4.69, 9.17) is 14.8 Å². The summed E-state index contributed by atoms with van der Waals surface area (Å²) in [6.45, 7) is 0. The summed E-state index contributed by atoms with van der Waals surface area (Å²) in [6, 6.07) is 0. The molecular formula is H8O4Pb2Ti. The Bertz CT molecular complexity index is 25.2. The van der Waals surface area contributed by atoms with Crippen molar-refractivity contribution in [2.45, 2.75) is 0 Å². The van der Waals surface area contributed by atoms with Gasteiger partial charge in [-0.2, -0.15) is 0 Å². The van der Waals surface area contributed by atoms with Gasteiger partial charge in [0.25, 0.3) is 0 Å². The summed E-state index contributed by atoms with van der Waals surface area (Å²) in [5, 5.41) is 0. The molecule has 0 aliphatic carbocycles. The molecule has 7 heteroatoms. The molecule has 0 spiro atoms. The summed E-state index contributed by atoms with van der Waals surface area (Å²) < 4.78 is 29.5. The van der Waals surface area contributed by atoms with Gasteiger partial charge in [-0.1, -0.05) is 0 Å². The van der Waals surface area contributed by atoms with Gasteiger partial charge in [0.15, 0.2) is 0 Å². The monoisotopic (exact) mass is 536 g/mol. The van der Waals surface area contributed by atoms with Gasteiger partial charge in [-0.3, -0.25) is 0 Å². The van der Waals surface area contributed by atoms with Crippen LogP contribution in [0, 0.1) is 0 Å². The van der Waals surface area contributed by atoms with Crippen molar-refractivity contribution >= 4 is 54.6 Å². The van der Waals surface area contributed by atoms with Crippen LogP contribution in [0.4, 0.5) is 0 Å². The zero-order valence-corrected chi connectivity index (χ0v) is 16.3. The fraction of sp³-hybridized carbons (Fsp3) is 0. The third-order valence-electron chi connectivity index (χ3n) is 0. The molecule has 0 saturated carbocycles. The predicted molar refractivity (Wildman–Crippen MR) is 26.0 cm³/mol. The molecule has 44 valence electrons. The Labute approximate surface area is 86.1 Å². The van der Waals surface area contributed by atoms with Crippen LogP contribution in [0.2, 0.25) is 0 Å². The molecule has 0 bridgehead atoms. The first kappa shape index (κ1) is 16.2. The molecule has 0 aliphatic heterocycles. The molecule has 7 heavy (non-hydrogen) atoms. The summed E-state index contributed by atoms with van der Waals surface area (Å²) in [7, 11) is 0. The quantitative estimate of drug-likeness (QED) is 0.239. The van der Waals surface area contributed by atoms with Crippen LogP contribution in [0.5, 0.6) is 0 Å². The standard InChI is InChI=1S/4H2O.2Pb.Ti.4H/h4*1H2;;;;;;;/q;;;;;;+4;;;;/p-4. The Morgan fingerprint density at radius 1 is 0.714 bits per heavy atom. The van der Waals surface area contributed by atoms with Gasteiger partial charge in [-0.15, -0.1) is 0 Å². The molecular weight excluding hydrogens is 526 g/mol. The van der Waals surface area contributed by atoms with Gasteiger partial charge in [0.1, 0.15) is 0 Å². The van der Waals surface area contributed by atoms with E-state index in [1.165, 1.54) is 0 Å². The van der Waals surface area contributed by atoms with Crippen LogP contribution < -0.4 is 0 Å². The number of rotatable bonds is 0. The van der Waals surface area contributed by atoms with Crippen LogP contribution in [-0.4, -0.2) is 69.3 Å². The van der Waals surface area contributed by atoms with Gasteiger partial charge in [-0.05, 0) is 0 Å². The Morgan fingerprint density at radius 3 is 0.714 bits per heavy atom. The Balaban J connectivity index is -0.0000000800. The average molecular weight is 534 g/mol. The summed E-state index contributed by atoms with van der Waals surface area (Å²) in [5.41, 5.74) is 0. The van der Waals surface area contributed by atoms with E-state index >= 15 is 0 Å². The molecule has 0 rings (SSSR count). The van der Waals surface area contributed by atoms with E-state index in [2.05, 4.69) is 0 Å².